The first-order chi connectivity index (χ1) is 14.4. The van der Waals surface area contributed by atoms with E-state index < -0.39 is 4.92 Å². The fraction of sp³-hybridized carbons (Fsp3) is 0.318. The fourth-order valence-electron chi connectivity index (χ4n) is 4.82. The molecule has 1 aliphatic heterocycles. The number of carbonyl (C=O) groups is 2. The lowest BCUT2D eigenvalue weighted by Crippen LogP contribution is -2.38. The first kappa shape index (κ1) is 18.5. The van der Waals surface area contributed by atoms with Gasteiger partial charge in [0.15, 0.2) is 0 Å². The Labute approximate surface area is 172 Å². The van der Waals surface area contributed by atoms with Crippen LogP contribution in [0.5, 0.6) is 0 Å². The SMILES string of the molecule is Cc1ccc(-c2ccc(/C=N\N3C(=O)[C@H]4[C@H](C3=O)[C@@H]3C=C[C@@H]4CC3)o2)cc1[N+](=O)[O-]. The summed E-state index contributed by atoms with van der Waals surface area (Å²) >= 11 is 0. The molecular formula is C22H19N3O5. The minimum Gasteiger partial charge on any atom is -0.455 e. The highest BCUT2D eigenvalue weighted by Gasteiger charge is 2.56. The van der Waals surface area contributed by atoms with E-state index in [1.165, 1.54) is 12.3 Å². The summed E-state index contributed by atoms with van der Waals surface area (Å²) in [6, 6.07) is 8.18. The van der Waals surface area contributed by atoms with Crippen molar-refractivity contribution in [1.29, 1.82) is 0 Å². The van der Waals surface area contributed by atoms with Gasteiger partial charge in [0.2, 0.25) is 0 Å². The largest absolute Gasteiger partial charge is 0.455 e. The summed E-state index contributed by atoms with van der Waals surface area (Å²) in [5.41, 5.74) is 1.14. The van der Waals surface area contributed by atoms with Gasteiger partial charge in [0, 0.05) is 17.2 Å². The maximum atomic E-state index is 12.8. The number of imide groups is 1. The first-order valence-electron chi connectivity index (χ1n) is 9.89. The first-order valence-corrected chi connectivity index (χ1v) is 9.89. The third-order valence-corrected chi connectivity index (χ3v) is 6.35. The van der Waals surface area contributed by atoms with Gasteiger partial charge in [-0.05, 0) is 43.7 Å². The number of fused-ring (bicyclic) bond motifs is 1. The average Bonchev–Trinajstić information content (AvgIpc) is 3.32. The van der Waals surface area contributed by atoms with Crippen molar-refractivity contribution in [3.05, 3.63) is 63.9 Å². The predicted octanol–water partition coefficient (Wildman–Crippen LogP) is 3.69. The molecule has 8 heteroatoms. The highest BCUT2D eigenvalue weighted by Crippen LogP contribution is 2.49. The molecule has 3 aliphatic carbocycles. The van der Waals surface area contributed by atoms with Crippen molar-refractivity contribution < 1.29 is 18.9 Å². The molecule has 8 nitrogen and oxygen atoms in total. The molecule has 30 heavy (non-hydrogen) atoms. The van der Waals surface area contributed by atoms with Crippen molar-refractivity contribution in [3.8, 4) is 11.3 Å². The molecule has 0 unspecified atom stereocenters. The Balaban J connectivity index is 1.37. The van der Waals surface area contributed by atoms with E-state index >= 15 is 0 Å². The van der Waals surface area contributed by atoms with Gasteiger partial charge >= 0.3 is 0 Å². The molecule has 2 aromatic rings. The van der Waals surface area contributed by atoms with Gasteiger partial charge in [-0.1, -0.05) is 24.3 Å². The summed E-state index contributed by atoms with van der Waals surface area (Å²) in [6.45, 7) is 1.67. The Morgan fingerprint density at radius 3 is 2.37 bits per heavy atom. The summed E-state index contributed by atoms with van der Waals surface area (Å²) in [4.78, 5) is 36.3. The maximum Gasteiger partial charge on any atom is 0.273 e. The summed E-state index contributed by atoms with van der Waals surface area (Å²) in [6.07, 6.45) is 7.33. The summed E-state index contributed by atoms with van der Waals surface area (Å²) in [5.74, 6) is -0.0902. The lowest BCUT2D eigenvalue weighted by molar-refractivity contribution is -0.385. The number of allylic oxidation sites excluding steroid dienone is 2. The topological polar surface area (TPSA) is 106 Å². The Bertz CT molecular complexity index is 1100. The van der Waals surface area contributed by atoms with Gasteiger partial charge in [-0.3, -0.25) is 19.7 Å². The number of furan rings is 1. The van der Waals surface area contributed by atoms with Gasteiger partial charge < -0.3 is 4.42 Å². The van der Waals surface area contributed by atoms with Crippen molar-refractivity contribution in [2.24, 2.45) is 28.8 Å². The molecule has 2 bridgehead atoms. The van der Waals surface area contributed by atoms with Crippen molar-refractivity contribution in [2.45, 2.75) is 19.8 Å². The Kier molecular flexibility index (Phi) is 4.16. The Morgan fingerprint density at radius 2 is 1.77 bits per heavy atom. The predicted molar refractivity (Wildman–Crippen MR) is 107 cm³/mol. The van der Waals surface area contributed by atoms with Gasteiger partial charge in [-0.15, -0.1) is 0 Å². The van der Waals surface area contributed by atoms with Crippen molar-refractivity contribution in [3.63, 3.8) is 0 Å². The molecule has 0 radical (unpaired) electrons. The second kappa shape index (κ2) is 6.76. The molecule has 1 aromatic heterocycles. The van der Waals surface area contributed by atoms with Crippen LogP contribution in [0.1, 0.15) is 24.2 Å². The van der Waals surface area contributed by atoms with Crippen molar-refractivity contribution >= 4 is 23.7 Å². The van der Waals surface area contributed by atoms with Gasteiger partial charge in [-0.25, -0.2) is 0 Å². The molecule has 4 atom stereocenters. The fourth-order valence-corrected chi connectivity index (χ4v) is 4.82. The maximum absolute atomic E-state index is 12.8. The molecule has 0 N–H and O–H groups in total. The van der Waals surface area contributed by atoms with E-state index in [9.17, 15) is 19.7 Å². The summed E-state index contributed by atoms with van der Waals surface area (Å²) in [5, 5.41) is 16.3. The van der Waals surface area contributed by atoms with Crippen molar-refractivity contribution in [1.82, 2.24) is 5.01 Å². The number of nitro groups is 1. The van der Waals surface area contributed by atoms with Gasteiger partial charge in [0.1, 0.15) is 11.5 Å². The molecule has 1 saturated heterocycles. The van der Waals surface area contributed by atoms with Gasteiger partial charge in [0.05, 0.1) is 23.0 Å². The number of aryl methyl sites for hydroxylation is 1. The van der Waals surface area contributed by atoms with E-state index in [2.05, 4.69) is 17.3 Å². The van der Waals surface area contributed by atoms with Crippen LogP contribution in [-0.4, -0.2) is 28.0 Å². The zero-order valence-electron chi connectivity index (χ0n) is 16.2. The van der Waals surface area contributed by atoms with E-state index in [4.69, 9.17) is 4.42 Å². The number of hydrazone groups is 1. The van der Waals surface area contributed by atoms with Crippen LogP contribution in [0.4, 0.5) is 5.69 Å². The van der Waals surface area contributed by atoms with Crippen LogP contribution in [0.2, 0.25) is 0 Å². The minimum absolute atomic E-state index is 0.0122. The van der Waals surface area contributed by atoms with Crippen LogP contribution < -0.4 is 0 Å². The number of rotatable bonds is 4. The number of hydrogen-bond donors (Lipinski definition) is 0. The van der Waals surface area contributed by atoms with Crippen LogP contribution >= 0.6 is 0 Å². The Hall–Kier alpha value is -3.55. The lowest BCUT2D eigenvalue weighted by Gasteiger charge is -2.37. The van der Waals surface area contributed by atoms with Gasteiger partial charge in [0.25, 0.3) is 17.5 Å². The zero-order valence-corrected chi connectivity index (χ0v) is 16.2. The van der Waals surface area contributed by atoms with Crippen LogP contribution in [-0.2, 0) is 9.59 Å². The standard InChI is InChI=1S/C22H19N3O5/c1-12-2-3-15(10-17(12)25(28)29)18-9-8-16(30-18)11-23-24-21(26)19-13-4-5-14(7-6-13)20(19)22(24)27/h2-5,8-11,13-14,19-20H,6-7H2,1H3/b23-11-/t13-,14-,19-,20-/m1/s1. The third-order valence-electron chi connectivity index (χ3n) is 6.35. The van der Waals surface area contributed by atoms with Crippen molar-refractivity contribution in [2.75, 3.05) is 0 Å². The normalized spacial score (nSPS) is 27.3. The molecule has 0 spiro atoms. The molecular weight excluding hydrogens is 386 g/mol. The quantitative estimate of drug-likeness (QED) is 0.254. The number of nitrogens with zero attached hydrogens (tertiary/aromatic N) is 3. The molecule has 6 rings (SSSR count). The lowest BCUT2D eigenvalue weighted by atomic mass is 9.63. The Morgan fingerprint density at radius 1 is 1.10 bits per heavy atom. The minimum atomic E-state index is -0.434. The second-order valence-corrected chi connectivity index (χ2v) is 8.03. The zero-order chi connectivity index (χ0) is 21.0. The smallest absolute Gasteiger partial charge is 0.273 e. The van der Waals surface area contributed by atoms with E-state index in [0.29, 0.717) is 22.6 Å². The van der Waals surface area contributed by atoms with Crippen LogP contribution in [0.15, 0.2) is 52.0 Å². The van der Waals surface area contributed by atoms with Crippen LogP contribution in [0, 0.1) is 40.7 Å². The molecule has 1 saturated carbocycles. The molecule has 2 heterocycles. The summed E-state index contributed by atoms with van der Waals surface area (Å²) < 4.78 is 5.71. The van der Waals surface area contributed by atoms with E-state index in [-0.39, 0.29) is 41.2 Å². The highest BCUT2D eigenvalue weighted by molar-refractivity contribution is 6.06. The van der Waals surface area contributed by atoms with E-state index in [1.54, 1.807) is 31.2 Å². The number of benzene rings is 1. The molecule has 2 amide bonds. The number of amides is 2. The number of nitro benzene ring substituents is 1. The third kappa shape index (κ3) is 2.79. The number of carbonyl (C=O) groups excluding carboxylic acids is 2. The monoisotopic (exact) mass is 405 g/mol. The second-order valence-electron chi connectivity index (χ2n) is 8.03. The van der Waals surface area contributed by atoms with E-state index in [1.807, 2.05) is 0 Å². The molecule has 1 aromatic carbocycles. The van der Waals surface area contributed by atoms with Gasteiger partial charge in [-0.2, -0.15) is 10.1 Å². The average molecular weight is 405 g/mol. The highest BCUT2D eigenvalue weighted by atomic mass is 16.6. The summed E-state index contributed by atoms with van der Waals surface area (Å²) in [7, 11) is 0. The number of hydrogen-bond acceptors (Lipinski definition) is 6. The van der Waals surface area contributed by atoms with Crippen LogP contribution in [0.3, 0.4) is 0 Å². The molecule has 4 aliphatic rings. The molecule has 2 fully saturated rings. The molecule has 152 valence electrons. The van der Waals surface area contributed by atoms with Crippen LogP contribution in [0.25, 0.3) is 11.3 Å². The van der Waals surface area contributed by atoms with E-state index in [0.717, 1.165) is 17.9 Å².